The molecule has 30 heavy (non-hydrogen) atoms. The second kappa shape index (κ2) is 8.70. The Hall–Kier alpha value is -1.88. The van der Waals surface area contributed by atoms with Crippen LogP contribution in [0.5, 0.6) is 0 Å². The van der Waals surface area contributed by atoms with Gasteiger partial charge in [-0.05, 0) is 64.1 Å². The van der Waals surface area contributed by atoms with E-state index < -0.39 is 9.84 Å². The van der Waals surface area contributed by atoms with Crippen molar-refractivity contribution in [2.45, 2.75) is 45.4 Å². The Bertz CT molecular complexity index is 1150. The predicted octanol–water partition coefficient (Wildman–Crippen LogP) is 3.63. The first-order valence-corrected chi connectivity index (χ1v) is 13.0. The van der Waals surface area contributed by atoms with E-state index in [9.17, 15) is 8.42 Å². The van der Waals surface area contributed by atoms with Crippen LogP contribution in [0.2, 0.25) is 0 Å². The van der Waals surface area contributed by atoms with Gasteiger partial charge in [0.2, 0.25) is 4.77 Å². The number of sulfone groups is 1. The lowest BCUT2D eigenvalue weighted by Gasteiger charge is -2.26. The Balaban J connectivity index is 1.58. The zero-order chi connectivity index (χ0) is 21.3. The molecule has 3 heterocycles. The average Bonchev–Trinajstić information content (AvgIpc) is 3.43. The molecule has 4 rings (SSSR count). The van der Waals surface area contributed by atoms with Crippen molar-refractivity contribution in [1.82, 2.24) is 24.7 Å². The van der Waals surface area contributed by atoms with Crippen molar-refractivity contribution in [2.75, 3.05) is 11.5 Å². The fourth-order valence-electron chi connectivity index (χ4n) is 3.66. The Morgan fingerprint density at radius 1 is 1.23 bits per heavy atom. The van der Waals surface area contributed by atoms with Gasteiger partial charge in [-0.1, -0.05) is 32.0 Å². The van der Waals surface area contributed by atoms with Crippen molar-refractivity contribution in [2.24, 2.45) is 0 Å². The third-order valence-corrected chi connectivity index (χ3v) is 8.42. The molecule has 0 aliphatic carbocycles. The minimum Gasteiger partial charge on any atom is -0.275 e. The lowest BCUT2D eigenvalue weighted by atomic mass is 10.0. The highest BCUT2D eigenvalue weighted by Gasteiger charge is 2.33. The summed E-state index contributed by atoms with van der Waals surface area (Å²) in [4.78, 5) is 3.33. The van der Waals surface area contributed by atoms with E-state index in [1.807, 2.05) is 23.6 Å². The number of rotatable bonds is 7. The van der Waals surface area contributed by atoms with Crippen molar-refractivity contribution in [3.8, 4) is 5.69 Å². The van der Waals surface area contributed by atoms with E-state index in [0.29, 0.717) is 30.3 Å². The maximum Gasteiger partial charge on any atom is 0.221 e. The summed E-state index contributed by atoms with van der Waals surface area (Å²) in [5.41, 5.74) is 2.12. The molecule has 0 N–H and O–H groups in total. The number of nitrogens with zero attached hydrogens (tertiary/aromatic N) is 5. The first kappa shape index (κ1) is 21.4. The van der Waals surface area contributed by atoms with Crippen LogP contribution < -0.4 is 0 Å². The Morgan fingerprint density at radius 2 is 2.00 bits per heavy atom. The summed E-state index contributed by atoms with van der Waals surface area (Å²) in [7, 11) is -2.99. The molecule has 1 aliphatic heterocycles. The first-order chi connectivity index (χ1) is 14.3. The van der Waals surface area contributed by atoms with Gasteiger partial charge >= 0.3 is 0 Å². The summed E-state index contributed by atoms with van der Waals surface area (Å²) in [5.74, 6) is 0.867. The maximum absolute atomic E-state index is 12.0. The van der Waals surface area contributed by atoms with Crippen molar-refractivity contribution < 1.29 is 8.42 Å². The van der Waals surface area contributed by atoms with Gasteiger partial charge in [0.15, 0.2) is 9.84 Å². The minimum absolute atomic E-state index is 0.0468. The fourth-order valence-corrected chi connectivity index (χ4v) is 6.39. The topological polar surface area (TPSA) is 73.0 Å². The average molecular weight is 464 g/mol. The number of aromatic nitrogens is 4. The largest absolute Gasteiger partial charge is 0.275 e. The van der Waals surface area contributed by atoms with Gasteiger partial charge in [0.1, 0.15) is 0 Å². The molecular formula is C20H25N5O2S3. The maximum atomic E-state index is 12.0. The van der Waals surface area contributed by atoms with Crippen LogP contribution in [0.15, 0.2) is 41.8 Å². The van der Waals surface area contributed by atoms with Crippen LogP contribution in [0.3, 0.4) is 0 Å². The van der Waals surface area contributed by atoms with Crippen molar-refractivity contribution >= 4 is 33.4 Å². The van der Waals surface area contributed by atoms with Gasteiger partial charge in [0.05, 0.1) is 23.9 Å². The van der Waals surface area contributed by atoms with Gasteiger partial charge in [-0.3, -0.25) is 4.90 Å². The predicted molar refractivity (Wildman–Crippen MR) is 121 cm³/mol. The zero-order valence-corrected chi connectivity index (χ0v) is 19.5. The van der Waals surface area contributed by atoms with Crippen LogP contribution in [0.1, 0.15) is 36.6 Å². The summed E-state index contributed by atoms with van der Waals surface area (Å²) in [6, 6.07) is 12.2. The van der Waals surface area contributed by atoms with E-state index >= 15 is 0 Å². The summed E-state index contributed by atoms with van der Waals surface area (Å²) < 4.78 is 27.9. The molecule has 1 aliphatic rings. The number of hydrogen-bond donors (Lipinski definition) is 0. The monoisotopic (exact) mass is 463 g/mol. The smallest absolute Gasteiger partial charge is 0.221 e. The third-order valence-electron chi connectivity index (χ3n) is 5.42. The molecule has 1 aromatic carbocycles. The zero-order valence-electron chi connectivity index (χ0n) is 17.0. The van der Waals surface area contributed by atoms with Gasteiger partial charge in [-0.2, -0.15) is 4.68 Å². The standard InChI is InChI=1S/C20H25N5O2S3/c1-15(2)16-5-7-17(8-6-16)25-20(28)24(21-22-25)14-23(12-19-4-3-10-29-19)18-9-11-30(26,27)13-18/h3-8,10,15,18H,9,11-14H2,1-2H3/t18-/m1/s1. The highest BCUT2D eigenvalue weighted by Crippen LogP contribution is 2.23. The molecule has 0 saturated carbocycles. The molecule has 160 valence electrons. The van der Waals surface area contributed by atoms with Gasteiger partial charge in [0.25, 0.3) is 0 Å². The van der Waals surface area contributed by atoms with E-state index in [4.69, 9.17) is 12.2 Å². The van der Waals surface area contributed by atoms with E-state index in [1.54, 1.807) is 20.7 Å². The van der Waals surface area contributed by atoms with Gasteiger partial charge in [-0.25, -0.2) is 13.1 Å². The molecule has 0 amide bonds. The second-order valence-corrected chi connectivity index (χ2v) is 11.6. The normalized spacial score (nSPS) is 18.5. The highest BCUT2D eigenvalue weighted by atomic mass is 32.2. The summed E-state index contributed by atoms with van der Waals surface area (Å²) >= 11 is 7.30. The van der Waals surface area contributed by atoms with E-state index in [2.05, 4.69) is 47.4 Å². The molecule has 1 fully saturated rings. The molecule has 0 radical (unpaired) electrons. The Morgan fingerprint density at radius 3 is 2.60 bits per heavy atom. The van der Waals surface area contributed by atoms with Crippen LogP contribution in [-0.4, -0.2) is 50.7 Å². The molecule has 3 aromatic rings. The molecule has 0 unspecified atom stereocenters. The van der Waals surface area contributed by atoms with Crippen LogP contribution in [0.4, 0.5) is 0 Å². The van der Waals surface area contributed by atoms with E-state index in [0.717, 1.165) is 5.69 Å². The lowest BCUT2D eigenvalue weighted by molar-refractivity contribution is 0.146. The molecule has 1 atom stereocenters. The van der Waals surface area contributed by atoms with Crippen LogP contribution in [0, 0.1) is 4.77 Å². The van der Waals surface area contributed by atoms with Crippen LogP contribution in [-0.2, 0) is 23.1 Å². The van der Waals surface area contributed by atoms with Crippen LogP contribution >= 0.6 is 23.6 Å². The second-order valence-electron chi connectivity index (χ2n) is 7.94. The van der Waals surface area contributed by atoms with Crippen molar-refractivity contribution in [1.29, 1.82) is 0 Å². The fraction of sp³-hybridized carbons (Fsp3) is 0.450. The molecule has 10 heteroatoms. The van der Waals surface area contributed by atoms with Gasteiger partial charge in [-0.15, -0.1) is 11.3 Å². The molecule has 1 saturated heterocycles. The minimum atomic E-state index is -2.99. The molecule has 7 nitrogen and oxygen atoms in total. The summed E-state index contributed by atoms with van der Waals surface area (Å²) in [6.45, 7) is 5.38. The molecule has 0 bridgehead atoms. The first-order valence-electron chi connectivity index (χ1n) is 9.92. The molecule has 2 aromatic heterocycles. The Labute approximate surface area is 185 Å². The summed E-state index contributed by atoms with van der Waals surface area (Å²) in [6.07, 6.45) is 0.631. The SMILES string of the molecule is CC(C)c1ccc(-n2nnn(CN(Cc3cccs3)[C@@H]3CCS(=O)(=O)C3)c2=S)cc1. The summed E-state index contributed by atoms with van der Waals surface area (Å²) in [5, 5.41) is 10.5. The number of thiophene rings is 1. The highest BCUT2D eigenvalue weighted by molar-refractivity contribution is 7.91. The third kappa shape index (κ3) is 4.72. The Kier molecular flexibility index (Phi) is 6.19. The van der Waals surface area contributed by atoms with E-state index in [-0.39, 0.29) is 17.5 Å². The van der Waals surface area contributed by atoms with Crippen LogP contribution in [0.25, 0.3) is 5.69 Å². The van der Waals surface area contributed by atoms with Crippen molar-refractivity contribution in [3.05, 3.63) is 57.0 Å². The van der Waals surface area contributed by atoms with Gasteiger partial charge in [0, 0.05) is 17.5 Å². The molecular weight excluding hydrogens is 438 g/mol. The quantitative estimate of drug-likeness (QED) is 0.498. The number of tetrazole rings is 1. The van der Waals surface area contributed by atoms with Gasteiger partial charge < -0.3 is 0 Å². The number of benzene rings is 1. The van der Waals surface area contributed by atoms with E-state index in [1.165, 1.54) is 10.4 Å². The number of hydrogen-bond acceptors (Lipinski definition) is 7. The van der Waals surface area contributed by atoms with Crippen molar-refractivity contribution in [3.63, 3.8) is 0 Å². The lowest BCUT2D eigenvalue weighted by Crippen LogP contribution is -2.37. The molecule has 0 spiro atoms.